The van der Waals surface area contributed by atoms with Crippen LogP contribution in [0.4, 0.5) is 0 Å². The van der Waals surface area contributed by atoms with Crippen molar-refractivity contribution in [1.82, 2.24) is 0 Å². The number of benzene rings is 1. The third kappa shape index (κ3) is 2.63. The van der Waals surface area contributed by atoms with E-state index in [9.17, 15) is 19.8 Å². The van der Waals surface area contributed by atoms with Gasteiger partial charge >= 0.3 is 5.97 Å². The average Bonchev–Trinajstić information content (AvgIpc) is 2.18. The van der Waals surface area contributed by atoms with Gasteiger partial charge in [-0.15, -0.1) is 0 Å². The predicted octanol–water partition coefficient (Wildman–Crippen LogP) is 0.214. The summed E-state index contributed by atoms with van der Waals surface area (Å²) in [4.78, 5) is 21.3. The number of primary amides is 1. The van der Waals surface area contributed by atoms with E-state index in [4.69, 9.17) is 10.8 Å². The van der Waals surface area contributed by atoms with Gasteiger partial charge in [0.05, 0.1) is 0 Å². The first kappa shape index (κ1) is 11.8. The Hall–Kier alpha value is -2.24. The predicted molar refractivity (Wildman–Crippen MR) is 54.2 cm³/mol. The molecule has 0 saturated carbocycles. The Morgan fingerprint density at radius 3 is 2.38 bits per heavy atom. The van der Waals surface area contributed by atoms with Crippen molar-refractivity contribution in [2.24, 2.45) is 5.73 Å². The van der Waals surface area contributed by atoms with Crippen LogP contribution in [0.15, 0.2) is 12.1 Å². The van der Waals surface area contributed by atoms with Gasteiger partial charge in [-0.3, -0.25) is 4.79 Å². The molecule has 0 aromatic heterocycles. The highest BCUT2D eigenvalue weighted by Gasteiger charge is 2.15. The number of hydrogen-bond donors (Lipinski definition) is 4. The average molecular weight is 225 g/mol. The van der Waals surface area contributed by atoms with Crippen molar-refractivity contribution in [2.75, 3.05) is 0 Å². The summed E-state index contributed by atoms with van der Waals surface area (Å²) in [7, 11) is 0. The molecule has 1 aromatic rings. The van der Waals surface area contributed by atoms with Gasteiger partial charge in [0, 0.05) is 6.42 Å². The Morgan fingerprint density at radius 2 is 1.88 bits per heavy atom. The molecule has 0 aliphatic heterocycles. The Labute approximate surface area is 90.9 Å². The van der Waals surface area contributed by atoms with Crippen LogP contribution in [-0.2, 0) is 11.2 Å². The molecular weight excluding hydrogens is 214 g/mol. The smallest absolute Gasteiger partial charge is 0.339 e. The SMILES string of the molecule is NC(=O)CCc1cc(O)cc(C(=O)O)c1O. The summed E-state index contributed by atoms with van der Waals surface area (Å²) in [5, 5.41) is 27.5. The number of aromatic hydroxyl groups is 2. The van der Waals surface area contributed by atoms with Gasteiger partial charge in [0.25, 0.3) is 0 Å². The number of rotatable bonds is 4. The molecule has 0 atom stereocenters. The van der Waals surface area contributed by atoms with Gasteiger partial charge in [-0.2, -0.15) is 0 Å². The minimum Gasteiger partial charge on any atom is -0.508 e. The van der Waals surface area contributed by atoms with Crippen molar-refractivity contribution in [3.63, 3.8) is 0 Å². The standard InChI is InChI=1S/C10H11NO5/c11-8(13)2-1-5-3-6(12)4-7(9(5)14)10(15)16/h3-4,12,14H,1-2H2,(H2,11,13)(H,15,16). The number of amides is 1. The maximum absolute atomic E-state index is 10.7. The summed E-state index contributed by atoms with van der Waals surface area (Å²) in [6, 6.07) is 2.14. The highest BCUT2D eigenvalue weighted by atomic mass is 16.4. The largest absolute Gasteiger partial charge is 0.508 e. The minimum absolute atomic E-state index is 0.0317. The normalized spacial score (nSPS) is 10.0. The number of phenols is 2. The molecule has 1 rings (SSSR count). The first-order valence-corrected chi connectivity index (χ1v) is 4.48. The Balaban J connectivity index is 3.09. The van der Waals surface area contributed by atoms with E-state index in [0.717, 1.165) is 6.07 Å². The van der Waals surface area contributed by atoms with Crippen molar-refractivity contribution in [3.05, 3.63) is 23.3 Å². The van der Waals surface area contributed by atoms with E-state index >= 15 is 0 Å². The summed E-state index contributed by atoms with van der Waals surface area (Å²) in [5.74, 6) is -2.66. The molecule has 0 radical (unpaired) electrons. The third-order valence-corrected chi connectivity index (χ3v) is 2.04. The first-order valence-electron chi connectivity index (χ1n) is 4.48. The molecule has 0 unspecified atom stereocenters. The summed E-state index contributed by atoms with van der Waals surface area (Å²) in [6.07, 6.45) is 0.0475. The minimum atomic E-state index is -1.35. The van der Waals surface area contributed by atoms with Crippen molar-refractivity contribution in [3.8, 4) is 11.5 Å². The van der Waals surface area contributed by atoms with Crippen LogP contribution in [0.2, 0.25) is 0 Å². The van der Waals surface area contributed by atoms with Crippen LogP contribution >= 0.6 is 0 Å². The molecule has 0 saturated heterocycles. The van der Waals surface area contributed by atoms with E-state index in [1.807, 2.05) is 0 Å². The van der Waals surface area contributed by atoms with E-state index in [-0.39, 0.29) is 24.2 Å². The summed E-state index contributed by atoms with van der Waals surface area (Å²) in [5.41, 5.74) is 4.70. The number of carbonyl (C=O) groups excluding carboxylic acids is 1. The second-order valence-corrected chi connectivity index (χ2v) is 3.27. The maximum Gasteiger partial charge on any atom is 0.339 e. The summed E-state index contributed by atoms with van der Waals surface area (Å²) < 4.78 is 0. The monoisotopic (exact) mass is 225 g/mol. The van der Waals surface area contributed by atoms with Crippen LogP contribution in [0.3, 0.4) is 0 Å². The quantitative estimate of drug-likeness (QED) is 0.546. The molecule has 0 spiro atoms. The number of hydrogen-bond acceptors (Lipinski definition) is 4. The van der Waals surface area contributed by atoms with Crippen molar-refractivity contribution in [1.29, 1.82) is 0 Å². The molecule has 86 valence electrons. The van der Waals surface area contributed by atoms with E-state index in [1.54, 1.807) is 0 Å². The lowest BCUT2D eigenvalue weighted by Crippen LogP contribution is -2.11. The highest BCUT2D eigenvalue weighted by Crippen LogP contribution is 2.28. The number of aromatic carboxylic acids is 1. The van der Waals surface area contributed by atoms with Gasteiger partial charge in [-0.05, 0) is 24.1 Å². The zero-order valence-corrected chi connectivity index (χ0v) is 8.30. The molecule has 0 bridgehead atoms. The Bertz CT molecular complexity index is 441. The molecule has 0 aliphatic carbocycles. The van der Waals surface area contributed by atoms with E-state index in [2.05, 4.69) is 0 Å². The molecule has 1 amide bonds. The molecular formula is C10H11NO5. The Morgan fingerprint density at radius 1 is 1.25 bits per heavy atom. The lowest BCUT2D eigenvalue weighted by Gasteiger charge is -2.07. The highest BCUT2D eigenvalue weighted by molar-refractivity contribution is 5.92. The number of carbonyl (C=O) groups is 2. The van der Waals surface area contributed by atoms with Crippen LogP contribution in [0, 0.1) is 0 Å². The van der Waals surface area contributed by atoms with Crippen LogP contribution in [0.1, 0.15) is 22.3 Å². The molecule has 6 nitrogen and oxygen atoms in total. The van der Waals surface area contributed by atoms with Gasteiger partial charge < -0.3 is 21.1 Å². The van der Waals surface area contributed by atoms with E-state index in [0.29, 0.717) is 0 Å². The number of nitrogens with two attached hydrogens (primary N) is 1. The van der Waals surface area contributed by atoms with Gasteiger partial charge in [-0.1, -0.05) is 0 Å². The zero-order valence-electron chi connectivity index (χ0n) is 8.30. The summed E-state index contributed by atoms with van der Waals surface area (Å²) in [6.45, 7) is 0. The fourth-order valence-electron chi connectivity index (χ4n) is 1.29. The molecule has 6 heteroatoms. The lowest BCUT2D eigenvalue weighted by atomic mass is 10.0. The number of aryl methyl sites for hydroxylation is 1. The second-order valence-electron chi connectivity index (χ2n) is 3.27. The number of carboxylic acids is 1. The lowest BCUT2D eigenvalue weighted by molar-refractivity contribution is -0.117. The van der Waals surface area contributed by atoms with Gasteiger partial charge in [-0.25, -0.2) is 4.79 Å². The molecule has 1 aromatic carbocycles. The second kappa shape index (κ2) is 4.52. The molecule has 0 aliphatic rings. The van der Waals surface area contributed by atoms with Crippen molar-refractivity contribution in [2.45, 2.75) is 12.8 Å². The molecule has 0 heterocycles. The maximum atomic E-state index is 10.7. The van der Waals surface area contributed by atoms with Crippen molar-refractivity contribution < 1.29 is 24.9 Å². The van der Waals surface area contributed by atoms with Crippen LogP contribution in [-0.4, -0.2) is 27.2 Å². The topological polar surface area (TPSA) is 121 Å². The summed E-state index contributed by atoms with van der Waals surface area (Å²) >= 11 is 0. The fourth-order valence-corrected chi connectivity index (χ4v) is 1.29. The first-order chi connectivity index (χ1) is 7.41. The third-order valence-electron chi connectivity index (χ3n) is 2.04. The molecule has 5 N–H and O–H groups in total. The fraction of sp³-hybridized carbons (Fsp3) is 0.200. The van der Waals surface area contributed by atoms with Gasteiger partial charge in [0.15, 0.2) is 0 Å². The van der Waals surface area contributed by atoms with E-state index in [1.165, 1.54) is 6.07 Å². The van der Waals surface area contributed by atoms with Gasteiger partial charge in [0.1, 0.15) is 17.1 Å². The molecule has 0 fully saturated rings. The van der Waals surface area contributed by atoms with Crippen LogP contribution < -0.4 is 5.73 Å². The van der Waals surface area contributed by atoms with Crippen molar-refractivity contribution >= 4 is 11.9 Å². The number of phenolic OH excluding ortho intramolecular Hbond substituents is 1. The van der Waals surface area contributed by atoms with Gasteiger partial charge in [0.2, 0.25) is 5.91 Å². The van der Waals surface area contributed by atoms with Crippen LogP contribution in [0.5, 0.6) is 11.5 Å². The van der Waals surface area contributed by atoms with E-state index < -0.39 is 23.2 Å². The Kier molecular flexibility index (Phi) is 3.34. The number of carboxylic acid groups (broad SMARTS) is 1. The van der Waals surface area contributed by atoms with Crippen LogP contribution in [0.25, 0.3) is 0 Å². The molecule has 16 heavy (non-hydrogen) atoms. The zero-order chi connectivity index (χ0) is 12.3.